The van der Waals surface area contributed by atoms with E-state index in [1.165, 1.54) is 19.2 Å². The second-order valence-corrected chi connectivity index (χ2v) is 8.47. The van der Waals surface area contributed by atoms with Crippen molar-refractivity contribution in [2.75, 3.05) is 20.2 Å². The molecule has 0 heterocycles. The number of carbonyl (C=O) groups is 1. The third-order valence-electron chi connectivity index (χ3n) is 3.85. The number of sulfonamides is 1. The Balaban J connectivity index is 1.79. The second kappa shape index (κ2) is 9.97. The van der Waals surface area contributed by atoms with Crippen LogP contribution in [0.3, 0.4) is 0 Å². The third-order valence-corrected chi connectivity index (χ3v) is 5.89. The monoisotopic (exact) mass is 445 g/mol. The smallest absolute Gasteiger partial charge is 0.315 e. The molecule has 2 amide bonds. The van der Waals surface area contributed by atoms with E-state index < -0.39 is 16.1 Å². The van der Waals surface area contributed by atoms with Crippen molar-refractivity contribution in [3.05, 3.63) is 58.1 Å². The van der Waals surface area contributed by atoms with Crippen LogP contribution >= 0.6 is 23.2 Å². The second-order valence-electron chi connectivity index (χ2n) is 5.86. The Kier molecular flexibility index (Phi) is 7.94. The maximum absolute atomic E-state index is 12.2. The van der Waals surface area contributed by atoms with E-state index in [4.69, 9.17) is 27.9 Å². The van der Waals surface area contributed by atoms with Gasteiger partial charge >= 0.3 is 6.03 Å². The molecule has 1 atom stereocenters. The number of urea groups is 1. The fourth-order valence-electron chi connectivity index (χ4n) is 2.38. The van der Waals surface area contributed by atoms with Gasteiger partial charge in [-0.15, -0.1) is 0 Å². The van der Waals surface area contributed by atoms with Crippen LogP contribution in [0.25, 0.3) is 0 Å². The topological polar surface area (TPSA) is 96.5 Å². The molecule has 0 spiro atoms. The number of halogens is 2. The van der Waals surface area contributed by atoms with Gasteiger partial charge in [-0.05, 0) is 48.9 Å². The fraction of sp³-hybridized carbons (Fsp3) is 0.278. The van der Waals surface area contributed by atoms with E-state index in [2.05, 4.69) is 15.4 Å². The van der Waals surface area contributed by atoms with Crippen molar-refractivity contribution in [1.29, 1.82) is 0 Å². The van der Waals surface area contributed by atoms with Crippen LogP contribution < -0.4 is 20.1 Å². The predicted octanol–water partition coefficient (Wildman–Crippen LogP) is 3.34. The lowest BCUT2D eigenvalue weighted by molar-refractivity contribution is 0.238. The molecule has 152 valence electrons. The molecule has 0 aliphatic carbocycles. The molecule has 28 heavy (non-hydrogen) atoms. The van der Waals surface area contributed by atoms with E-state index in [9.17, 15) is 13.2 Å². The molecule has 2 aromatic carbocycles. The number of nitrogens with one attached hydrogen (secondary N) is 3. The molecule has 0 aromatic heterocycles. The van der Waals surface area contributed by atoms with Crippen molar-refractivity contribution in [3.63, 3.8) is 0 Å². The number of rotatable bonds is 8. The zero-order valence-corrected chi connectivity index (χ0v) is 17.7. The molecule has 0 aliphatic rings. The lowest BCUT2D eigenvalue weighted by atomic mass is 10.1. The maximum atomic E-state index is 12.2. The number of amides is 2. The van der Waals surface area contributed by atoms with E-state index in [-0.39, 0.29) is 24.0 Å². The molecule has 0 fully saturated rings. The molecular formula is C18H21Cl2N3O4S. The minimum absolute atomic E-state index is 0.0395. The van der Waals surface area contributed by atoms with Crippen molar-refractivity contribution in [2.45, 2.75) is 17.9 Å². The van der Waals surface area contributed by atoms with Crippen LogP contribution in [0.5, 0.6) is 5.75 Å². The van der Waals surface area contributed by atoms with Crippen LogP contribution in [0, 0.1) is 0 Å². The Hall–Kier alpha value is -2.00. The van der Waals surface area contributed by atoms with E-state index in [0.29, 0.717) is 15.8 Å². The van der Waals surface area contributed by atoms with Crippen LogP contribution in [0.1, 0.15) is 18.5 Å². The summed E-state index contributed by atoms with van der Waals surface area (Å²) in [6, 6.07) is 10.2. The summed E-state index contributed by atoms with van der Waals surface area (Å²) in [5, 5.41) is 6.28. The van der Waals surface area contributed by atoms with Crippen molar-refractivity contribution in [1.82, 2.24) is 15.4 Å². The quantitative estimate of drug-likeness (QED) is 0.542. The highest BCUT2D eigenvalue weighted by Gasteiger charge is 2.15. The molecule has 10 heteroatoms. The summed E-state index contributed by atoms with van der Waals surface area (Å²) in [5.74, 6) is 0.562. The van der Waals surface area contributed by atoms with Gasteiger partial charge in [0.05, 0.1) is 18.0 Å². The first kappa shape index (κ1) is 22.3. The fourth-order valence-corrected chi connectivity index (χ4v) is 3.98. The average molecular weight is 446 g/mol. The molecule has 3 N–H and O–H groups in total. The molecule has 0 radical (unpaired) electrons. The van der Waals surface area contributed by atoms with E-state index in [0.717, 1.165) is 5.56 Å². The third kappa shape index (κ3) is 6.27. The number of benzene rings is 2. The summed E-state index contributed by atoms with van der Waals surface area (Å²) >= 11 is 12.0. The summed E-state index contributed by atoms with van der Waals surface area (Å²) in [7, 11) is -2.17. The minimum Gasteiger partial charge on any atom is -0.497 e. The first-order valence-corrected chi connectivity index (χ1v) is 10.6. The van der Waals surface area contributed by atoms with Crippen LogP contribution in [0.4, 0.5) is 4.79 Å². The molecule has 1 unspecified atom stereocenters. The largest absolute Gasteiger partial charge is 0.497 e. The summed E-state index contributed by atoms with van der Waals surface area (Å²) in [6.45, 7) is 1.93. The molecule has 0 saturated heterocycles. The van der Waals surface area contributed by atoms with Crippen molar-refractivity contribution in [2.24, 2.45) is 0 Å². The van der Waals surface area contributed by atoms with Gasteiger partial charge in [0.1, 0.15) is 5.75 Å². The summed E-state index contributed by atoms with van der Waals surface area (Å²) < 4.78 is 31.8. The zero-order valence-electron chi connectivity index (χ0n) is 15.3. The van der Waals surface area contributed by atoms with Crippen LogP contribution in [0.2, 0.25) is 10.0 Å². The summed E-state index contributed by atoms with van der Waals surface area (Å²) in [4.78, 5) is 12.1. The lowest BCUT2D eigenvalue weighted by Crippen LogP contribution is -2.41. The normalized spacial score (nSPS) is 12.3. The van der Waals surface area contributed by atoms with Gasteiger partial charge in [0, 0.05) is 23.1 Å². The molecule has 0 bridgehead atoms. The molecule has 2 aromatic rings. The van der Waals surface area contributed by atoms with E-state index in [1.807, 2.05) is 0 Å². The number of ether oxygens (including phenoxy) is 1. The lowest BCUT2D eigenvalue weighted by Gasteiger charge is -2.16. The Labute approximate surface area is 174 Å². The van der Waals surface area contributed by atoms with Crippen LogP contribution in [-0.2, 0) is 10.0 Å². The maximum Gasteiger partial charge on any atom is 0.315 e. The van der Waals surface area contributed by atoms with Gasteiger partial charge in [0.2, 0.25) is 10.0 Å². The van der Waals surface area contributed by atoms with E-state index in [1.54, 1.807) is 37.3 Å². The minimum atomic E-state index is -3.67. The Morgan fingerprint density at radius 2 is 1.79 bits per heavy atom. The van der Waals surface area contributed by atoms with Crippen LogP contribution in [0.15, 0.2) is 47.4 Å². The first-order valence-electron chi connectivity index (χ1n) is 8.36. The van der Waals surface area contributed by atoms with Crippen molar-refractivity contribution < 1.29 is 17.9 Å². The summed E-state index contributed by atoms with van der Waals surface area (Å²) in [6.07, 6.45) is 0. The highest BCUT2D eigenvalue weighted by molar-refractivity contribution is 7.89. The molecule has 2 rings (SSSR count). The zero-order chi connectivity index (χ0) is 20.7. The van der Waals surface area contributed by atoms with Gasteiger partial charge in [-0.2, -0.15) is 0 Å². The van der Waals surface area contributed by atoms with Crippen molar-refractivity contribution >= 4 is 39.3 Å². The summed E-state index contributed by atoms with van der Waals surface area (Å²) in [5.41, 5.74) is 0.724. The van der Waals surface area contributed by atoms with E-state index >= 15 is 0 Å². The molecule has 0 aliphatic heterocycles. The molecular weight excluding hydrogens is 425 g/mol. The van der Waals surface area contributed by atoms with Gasteiger partial charge in [-0.25, -0.2) is 17.9 Å². The number of hydrogen-bond donors (Lipinski definition) is 3. The van der Waals surface area contributed by atoms with Gasteiger partial charge in [-0.1, -0.05) is 29.3 Å². The Bertz CT molecular complexity index is 921. The van der Waals surface area contributed by atoms with Gasteiger partial charge in [0.25, 0.3) is 0 Å². The highest BCUT2D eigenvalue weighted by Crippen LogP contribution is 2.25. The van der Waals surface area contributed by atoms with Crippen molar-refractivity contribution in [3.8, 4) is 5.75 Å². The SMILES string of the molecule is COc1ccc(S(=O)(=O)NCCNC(=O)NC(C)c2ccc(Cl)cc2Cl)cc1. The Morgan fingerprint density at radius 3 is 2.39 bits per heavy atom. The molecule has 0 saturated carbocycles. The predicted molar refractivity (Wildman–Crippen MR) is 110 cm³/mol. The number of carbonyl (C=O) groups excluding carboxylic acids is 1. The Morgan fingerprint density at radius 1 is 1.11 bits per heavy atom. The average Bonchev–Trinajstić information content (AvgIpc) is 2.65. The van der Waals surface area contributed by atoms with Gasteiger partial charge in [-0.3, -0.25) is 0 Å². The molecule has 7 nitrogen and oxygen atoms in total. The van der Waals surface area contributed by atoms with Gasteiger partial charge < -0.3 is 15.4 Å². The van der Waals surface area contributed by atoms with Crippen LogP contribution in [-0.4, -0.2) is 34.6 Å². The standard InChI is InChI=1S/C18H21Cl2N3O4S/c1-12(16-8-3-13(19)11-17(16)20)23-18(24)21-9-10-22-28(25,26)15-6-4-14(27-2)5-7-15/h3-8,11-12,22H,9-10H2,1-2H3,(H2,21,23,24). The first-order chi connectivity index (χ1) is 13.2. The number of hydrogen-bond acceptors (Lipinski definition) is 4. The number of methoxy groups -OCH3 is 1. The highest BCUT2D eigenvalue weighted by atomic mass is 35.5. The van der Waals surface area contributed by atoms with Gasteiger partial charge in [0.15, 0.2) is 0 Å².